The van der Waals surface area contributed by atoms with Crippen molar-refractivity contribution in [2.45, 2.75) is 13.1 Å². The number of hydrogen-bond acceptors (Lipinski definition) is 2. The Bertz CT molecular complexity index is 770. The van der Waals surface area contributed by atoms with Crippen molar-refractivity contribution in [1.82, 2.24) is 9.78 Å². The fourth-order valence-corrected chi connectivity index (χ4v) is 2.45. The lowest BCUT2D eigenvalue weighted by atomic mass is 10.1. The summed E-state index contributed by atoms with van der Waals surface area (Å²) in [4.78, 5) is 12.2. The summed E-state index contributed by atoms with van der Waals surface area (Å²) in [6, 6.07) is 17.5. The number of Topliss-reactive ketones (excluding diaryl/α,β-unsaturated/α-hetero) is 1. The van der Waals surface area contributed by atoms with Gasteiger partial charge in [-0.05, 0) is 17.7 Å². The lowest BCUT2D eigenvalue weighted by molar-refractivity contribution is -0.683. The molecule has 1 heterocycles. The lowest BCUT2D eigenvalue weighted by Crippen LogP contribution is -3.00. The maximum absolute atomic E-state index is 12.2. The van der Waals surface area contributed by atoms with Crippen LogP contribution in [0.5, 0.6) is 0 Å². The predicted molar refractivity (Wildman–Crippen MR) is 86.4 cm³/mol. The molecule has 23 heavy (non-hydrogen) atoms. The van der Waals surface area contributed by atoms with Crippen LogP contribution in [0.15, 0.2) is 71.7 Å². The average Bonchev–Trinajstić information content (AvgIpc) is 2.96. The number of carbonyl (C=O) groups is 1. The Labute approximate surface area is 153 Å². The molecule has 0 aliphatic heterocycles. The van der Waals surface area contributed by atoms with Crippen molar-refractivity contribution >= 4 is 21.7 Å². The number of halogens is 2. The highest BCUT2D eigenvalue weighted by Crippen LogP contribution is 2.10. The molecule has 6 heteroatoms. The third kappa shape index (κ3) is 4.84. The molecule has 0 N–H and O–H groups in total. The molecule has 0 spiro atoms. The fourth-order valence-electron chi connectivity index (χ4n) is 2.19. The van der Waals surface area contributed by atoms with E-state index in [-0.39, 0.29) is 29.3 Å². The van der Waals surface area contributed by atoms with E-state index in [1.807, 2.05) is 53.5 Å². The normalized spacial score (nSPS) is 10.1. The second kappa shape index (κ2) is 8.17. The average molecular weight is 437 g/mol. The molecule has 118 valence electrons. The van der Waals surface area contributed by atoms with Crippen LogP contribution in [0.2, 0.25) is 0 Å². The number of ketones is 1. The lowest BCUT2D eigenvalue weighted by Gasteiger charge is -1.99. The predicted octanol–water partition coefficient (Wildman–Crippen LogP) is -0.132. The maximum atomic E-state index is 12.2. The largest absolute Gasteiger partial charge is 1.00 e. The Hall–Kier alpha value is -1.79. The summed E-state index contributed by atoms with van der Waals surface area (Å²) >= 11 is 3.37. The van der Waals surface area contributed by atoms with Gasteiger partial charge in [-0.25, -0.2) is 4.57 Å². The number of carbonyl (C=O) groups excluding carboxylic acids is 1. The standard InChI is InChI=1S/C17H15BrN3O.BrH/c18-16-8-6-15(7-9-16)17(22)11-20-12-19-21(13-20)10-14-4-2-1-3-5-14;/h1-9,12-13H,10-11H2;1H/q+1;/p-1. The van der Waals surface area contributed by atoms with Gasteiger partial charge in [-0.2, -0.15) is 0 Å². The van der Waals surface area contributed by atoms with Crippen LogP contribution >= 0.6 is 15.9 Å². The number of aromatic nitrogens is 3. The van der Waals surface area contributed by atoms with E-state index in [2.05, 4.69) is 33.2 Å². The summed E-state index contributed by atoms with van der Waals surface area (Å²) in [5.41, 5.74) is 1.88. The minimum absolute atomic E-state index is 0. The van der Waals surface area contributed by atoms with Gasteiger partial charge in [0.15, 0.2) is 5.78 Å². The Balaban J connectivity index is 0.00000192. The van der Waals surface area contributed by atoms with Crippen LogP contribution < -0.4 is 21.5 Å². The molecule has 4 nitrogen and oxygen atoms in total. The first kappa shape index (κ1) is 17.6. The SMILES string of the molecule is O=C(C[n+]1cnn(Cc2ccccc2)c1)c1ccc(Br)cc1.[Br-]. The third-order valence-electron chi connectivity index (χ3n) is 3.31. The molecule has 0 aliphatic carbocycles. The number of benzene rings is 2. The van der Waals surface area contributed by atoms with E-state index < -0.39 is 0 Å². The van der Waals surface area contributed by atoms with E-state index in [4.69, 9.17) is 0 Å². The first-order chi connectivity index (χ1) is 10.7. The van der Waals surface area contributed by atoms with Gasteiger partial charge < -0.3 is 17.0 Å². The molecule has 0 aliphatic rings. The van der Waals surface area contributed by atoms with Gasteiger partial charge in [-0.1, -0.05) is 58.4 Å². The van der Waals surface area contributed by atoms with Crippen molar-refractivity contribution in [3.05, 3.63) is 82.9 Å². The molecule has 1 aromatic heterocycles. The van der Waals surface area contributed by atoms with Gasteiger partial charge in [-0.3, -0.25) is 4.79 Å². The Morgan fingerprint density at radius 2 is 1.78 bits per heavy atom. The van der Waals surface area contributed by atoms with Gasteiger partial charge in [0.25, 0.3) is 6.33 Å². The molecule has 0 saturated carbocycles. The van der Waals surface area contributed by atoms with Crippen molar-refractivity contribution in [1.29, 1.82) is 0 Å². The van der Waals surface area contributed by atoms with Crippen LogP contribution in [0.3, 0.4) is 0 Å². The van der Waals surface area contributed by atoms with E-state index >= 15 is 0 Å². The monoisotopic (exact) mass is 435 g/mol. The Morgan fingerprint density at radius 3 is 2.48 bits per heavy atom. The van der Waals surface area contributed by atoms with E-state index in [9.17, 15) is 4.79 Å². The summed E-state index contributed by atoms with van der Waals surface area (Å²) in [5, 5.41) is 4.29. The maximum Gasteiger partial charge on any atom is 0.265 e. The molecule has 3 aromatic rings. The van der Waals surface area contributed by atoms with Crippen molar-refractivity contribution in [3.8, 4) is 0 Å². The molecule has 0 unspecified atom stereocenters. The number of rotatable bonds is 5. The zero-order valence-electron chi connectivity index (χ0n) is 12.3. The number of nitrogens with zero attached hydrogens (tertiary/aromatic N) is 3. The van der Waals surface area contributed by atoms with Crippen LogP contribution in [-0.4, -0.2) is 15.6 Å². The molecule has 0 bridgehead atoms. The van der Waals surface area contributed by atoms with E-state index in [0.717, 1.165) is 4.47 Å². The smallest absolute Gasteiger partial charge is 0.265 e. The highest BCUT2D eigenvalue weighted by molar-refractivity contribution is 9.10. The molecular formula is C17H15Br2N3O. The summed E-state index contributed by atoms with van der Waals surface area (Å²) in [5.74, 6) is 0.0664. The van der Waals surface area contributed by atoms with E-state index in [0.29, 0.717) is 12.1 Å². The summed E-state index contributed by atoms with van der Waals surface area (Å²) in [6.07, 6.45) is 3.53. The minimum Gasteiger partial charge on any atom is -1.00 e. The minimum atomic E-state index is 0. The first-order valence-corrected chi connectivity index (χ1v) is 7.74. The zero-order valence-corrected chi connectivity index (χ0v) is 15.4. The van der Waals surface area contributed by atoms with Crippen molar-refractivity contribution in [2.75, 3.05) is 0 Å². The van der Waals surface area contributed by atoms with Gasteiger partial charge in [0.05, 0.1) is 0 Å². The van der Waals surface area contributed by atoms with Crippen molar-refractivity contribution < 1.29 is 26.3 Å². The zero-order chi connectivity index (χ0) is 15.4. The van der Waals surface area contributed by atoms with Crippen LogP contribution in [0, 0.1) is 0 Å². The Kier molecular flexibility index (Phi) is 6.24. The van der Waals surface area contributed by atoms with Gasteiger partial charge in [0.1, 0.15) is 13.1 Å². The quantitative estimate of drug-likeness (QED) is 0.412. The third-order valence-corrected chi connectivity index (χ3v) is 3.84. The van der Waals surface area contributed by atoms with Crippen molar-refractivity contribution in [2.24, 2.45) is 0 Å². The first-order valence-electron chi connectivity index (χ1n) is 6.95. The summed E-state index contributed by atoms with van der Waals surface area (Å²) in [6.45, 7) is 0.983. The summed E-state index contributed by atoms with van der Waals surface area (Å²) in [7, 11) is 0. The van der Waals surface area contributed by atoms with E-state index in [1.54, 1.807) is 10.9 Å². The van der Waals surface area contributed by atoms with Crippen LogP contribution in [-0.2, 0) is 13.1 Å². The van der Waals surface area contributed by atoms with Gasteiger partial charge in [0, 0.05) is 15.1 Å². The van der Waals surface area contributed by atoms with E-state index in [1.165, 1.54) is 5.56 Å². The molecule has 2 aromatic carbocycles. The van der Waals surface area contributed by atoms with Gasteiger partial charge in [0.2, 0.25) is 6.33 Å². The molecule has 0 fully saturated rings. The molecular weight excluding hydrogens is 422 g/mol. The molecule has 0 amide bonds. The topological polar surface area (TPSA) is 38.8 Å². The van der Waals surface area contributed by atoms with Crippen LogP contribution in [0.1, 0.15) is 15.9 Å². The second-order valence-corrected chi connectivity index (χ2v) is 5.95. The molecule has 3 rings (SSSR count). The van der Waals surface area contributed by atoms with Crippen molar-refractivity contribution in [3.63, 3.8) is 0 Å². The van der Waals surface area contributed by atoms with Gasteiger partial charge >= 0.3 is 0 Å². The number of hydrogen-bond donors (Lipinski definition) is 0. The van der Waals surface area contributed by atoms with Gasteiger partial charge in [-0.15, -0.1) is 4.68 Å². The molecule has 0 radical (unpaired) electrons. The fraction of sp³-hybridized carbons (Fsp3) is 0.118. The molecule has 0 atom stereocenters. The second-order valence-electron chi connectivity index (χ2n) is 5.03. The highest BCUT2D eigenvalue weighted by atomic mass is 79.9. The van der Waals surface area contributed by atoms with Crippen LogP contribution in [0.4, 0.5) is 0 Å². The Morgan fingerprint density at radius 1 is 1.09 bits per heavy atom. The highest BCUT2D eigenvalue weighted by Gasteiger charge is 2.12. The molecule has 0 saturated heterocycles. The summed E-state index contributed by atoms with van der Waals surface area (Å²) < 4.78 is 4.59. The van der Waals surface area contributed by atoms with Crippen LogP contribution in [0.25, 0.3) is 0 Å².